The Kier molecular flexibility index (Phi) is 4.10. The molecule has 0 saturated heterocycles. The molecule has 116 valence electrons. The molecule has 2 aromatic carbocycles. The van der Waals surface area contributed by atoms with Gasteiger partial charge in [0.2, 0.25) is 5.76 Å². The number of aromatic carboxylic acids is 1. The lowest BCUT2D eigenvalue weighted by molar-refractivity contribution is 0.0652. The van der Waals surface area contributed by atoms with Gasteiger partial charge in [-0.1, -0.05) is 41.6 Å². The fraction of sp³-hybridized carbons (Fsp3) is 0.111. The van der Waals surface area contributed by atoms with Crippen molar-refractivity contribution in [3.05, 3.63) is 71.5 Å². The Labute approximate surface area is 133 Å². The molecular formula is C18H15NO4. The van der Waals surface area contributed by atoms with E-state index in [2.05, 4.69) is 5.16 Å². The van der Waals surface area contributed by atoms with E-state index in [-0.39, 0.29) is 5.76 Å². The minimum Gasteiger partial charge on any atom is -0.489 e. The SMILES string of the molecule is Cc1cccc(OCc2ccc(-c3cc(C(=O)O)on3)cc2)c1. The minimum atomic E-state index is -1.13. The molecule has 1 heterocycles. The van der Waals surface area contributed by atoms with Crippen LogP contribution in [0.5, 0.6) is 5.75 Å². The first-order valence-corrected chi connectivity index (χ1v) is 7.10. The van der Waals surface area contributed by atoms with Gasteiger partial charge in [0, 0.05) is 11.6 Å². The van der Waals surface area contributed by atoms with E-state index in [0.717, 1.165) is 22.4 Å². The zero-order chi connectivity index (χ0) is 16.2. The number of aromatic nitrogens is 1. The summed E-state index contributed by atoms with van der Waals surface area (Å²) >= 11 is 0. The molecule has 0 atom stereocenters. The van der Waals surface area contributed by atoms with Gasteiger partial charge in [-0.25, -0.2) is 4.79 Å². The molecule has 3 rings (SSSR count). The first-order valence-electron chi connectivity index (χ1n) is 7.10. The molecule has 0 radical (unpaired) electrons. The van der Waals surface area contributed by atoms with Crippen molar-refractivity contribution in [2.24, 2.45) is 0 Å². The van der Waals surface area contributed by atoms with Crippen LogP contribution < -0.4 is 4.74 Å². The Morgan fingerprint density at radius 3 is 2.61 bits per heavy atom. The van der Waals surface area contributed by atoms with E-state index in [1.165, 1.54) is 6.07 Å². The number of hydrogen-bond donors (Lipinski definition) is 1. The van der Waals surface area contributed by atoms with Crippen LogP contribution in [0, 0.1) is 6.92 Å². The third-order valence-electron chi connectivity index (χ3n) is 3.37. The van der Waals surface area contributed by atoms with Crippen LogP contribution in [0.3, 0.4) is 0 Å². The maximum atomic E-state index is 10.8. The van der Waals surface area contributed by atoms with Gasteiger partial charge in [-0.2, -0.15) is 0 Å². The first kappa shape index (κ1) is 14.8. The highest BCUT2D eigenvalue weighted by Gasteiger charge is 2.12. The molecule has 1 N–H and O–H groups in total. The summed E-state index contributed by atoms with van der Waals surface area (Å²) in [5.41, 5.74) is 3.45. The van der Waals surface area contributed by atoms with Gasteiger partial charge in [-0.15, -0.1) is 0 Å². The standard InChI is InChI=1S/C18H15NO4/c1-12-3-2-4-15(9-12)22-11-13-5-7-14(8-6-13)16-10-17(18(20)21)23-19-16/h2-10H,11H2,1H3,(H,20,21). The molecule has 1 aromatic heterocycles. The zero-order valence-electron chi connectivity index (χ0n) is 12.5. The normalized spacial score (nSPS) is 10.5. The number of rotatable bonds is 5. The van der Waals surface area contributed by atoms with Crippen molar-refractivity contribution in [1.82, 2.24) is 5.16 Å². The molecule has 0 amide bonds. The highest BCUT2D eigenvalue weighted by molar-refractivity contribution is 5.85. The zero-order valence-corrected chi connectivity index (χ0v) is 12.5. The molecule has 3 aromatic rings. The van der Waals surface area contributed by atoms with Crippen LogP contribution in [0.1, 0.15) is 21.7 Å². The van der Waals surface area contributed by atoms with Crippen molar-refractivity contribution in [2.45, 2.75) is 13.5 Å². The summed E-state index contributed by atoms with van der Waals surface area (Å²) in [5, 5.41) is 12.6. The van der Waals surface area contributed by atoms with Crippen molar-refractivity contribution < 1.29 is 19.2 Å². The Bertz CT molecular complexity index is 821. The van der Waals surface area contributed by atoms with Crippen molar-refractivity contribution in [2.75, 3.05) is 0 Å². The van der Waals surface area contributed by atoms with E-state index in [4.69, 9.17) is 14.4 Å². The quantitative estimate of drug-likeness (QED) is 0.773. The lowest BCUT2D eigenvalue weighted by atomic mass is 10.1. The molecule has 0 aliphatic carbocycles. The molecular weight excluding hydrogens is 294 g/mol. The smallest absolute Gasteiger partial charge is 0.374 e. The molecule has 0 bridgehead atoms. The molecule has 0 aliphatic rings. The van der Waals surface area contributed by atoms with E-state index >= 15 is 0 Å². The molecule has 23 heavy (non-hydrogen) atoms. The average molecular weight is 309 g/mol. The number of hydrogen-bond acceptors (Lipinski definition) is 4. The fourth-order valence-electron chi connectivity index (χ4n) is 2.16. The maximum absolute atomic E-state index is 10.8. The Hall–Kier alpha value is -3.08. The minimum absolute atomic E-state index is 0.174. The van der Waals surface area contributed by atoms with Gasteiger partial charge < -0.3 is 14.4 Å². The van der Waals surface area contributed by atoms with Crippen LogP contribution in [0.4, 0.5) is 0 Å². The number of carbonyl (C=O) groups is 1. The Morgan fingerprint density at radius 2 is 1.96 bits per heavy atom. The van der Waals surface area contributed by atoms with Gasteiger partial charge in [0.05, 0.1) is 0 Å². The van der Waals surface area contributed by atoms with E-state index < -0.39 is 5.97 Å². The predicted octanol–water partition coefficient (Wildman–Crippen LogP) is 3.93. The molecule has 0 aliphatic heterocycles. The van der Waals surface area contributed by atoms with Gasteiger partial charge >= 0.3 is 5.97 Å². The second kappa shape index (κ2) is 6.36. The highest BCUT2D eigenvalue weighted by Crippen LogP contribution is 2.21. The largest absolute Gasteiger partial charge is 0.489 e. The van der Waals surface area contributed by atoms with Gasteiger partial charge in [0.1, 0.15) is 18.1 Å². The lowest BCUT2D eigenvalue weighted by Crippen LogP contribution is -1.95. The van der Waals surface area contributed by atoms with Crippen LogP contribution in [-0.2, 0) is 6.61 Å². The van der Waals surface area contributed by atoms with Crippen LogP contribution in [0.15, 0.2) is 59.1 Å². The van der Waals surface area contributed by atoms with Crippen molar-refractivity contribution in [1.29, 1.82) is 0 Å². The summed E-state index contributed by atoms with van der Waals surface area (Å²) in [6.45, 7) is 2.48. The average Bonchev–Trinajstić information content (AvgIpc) is 3.04. The summed E-state index contributed by atoms with van der Waals surface area (Å²) in [6, 6.07) is 16.8. The van der Waals surface area contributed by atoms with Crippen LogP contribution >= 0.6 is 0 Å². The predicted molar refractivity (Wildman–Crippen MR) is 84.4 cm³/mol. The fourth-order valence-corrected chi connectivity index (χ4v) is 2.16. The topological polar surface area (TPSA) is 72.6 Å². The Balaban J connectivity index is 1.68. The molecule has 5 nitrogen and oxygen atoms in total. The summed E-state index contributed by atoms with van der Waals surface area (Å²) in [5.74, 6) is -0.476. The van der Waals surface area contributed by atoms with Crippen molar-refractivity contribution in [3.8, 4) is 17.0 Å². The molecule has 5 heteroatoms. The second-order valence-corrected chi connectivity index (χ2v) is 5.18. The lowest BCUT2D eigenvalue weighted by Gasteiger charge is -2.07. The van der Waals surface area contributed by atoms with E-state index in [0.29, 0.717) is 12.3 Å². The number of benzene rings is 2. The maximum Gasteiger partial charge on any atom is 0.374 e. The third-order valence-corrected chi connectivity index (χ3v) is 3.37. The third kappa shape index (κ3) is 3.58. The van der Waals surface area contributed by atoms with Gasteiger partial charge in [-0.05, 0) is 30.2 Å². The van der Waals surface area contributed by atoms with Crippen molar-refractivity contribution >= 4 is 5.97 Å². The molecule has 0 fully saturated rings. The van der Waals surface area contributed by atoms with Crippen LogP contribution in [0.25, 0.3) is 11.3 Å². The van der Waals surface area contributed by atoms with E-state index in [1.54, 1.807) is 0 Å². The number of carboxylic acids is 1. The summed E-state index contributed by atoms with van der Waals surface area (Å²) in [7, 11) is 0. The molecule has 0 saturated carbocycles. The second-order valence-electron chi connectivity index (χ2n) is 5.18. The van der Waals surface area contributed by atoms with Crippen LogP contribution in [0.2, 0.25) is 0 Å². The van der Waals surface area contributed by atoms with Gasteiger partial charge in [0.25, 0.3) is 0 Å². The summed E-state index contributed by atoms with van der Waals surface area (Å²) < 4.78 is 10.5. The van der Waals surface area contributed by atoms with E-state index in [1.807, 2.05) is 55.5 Å². The van der Waals surface area contributed by atoms with Gasteiger partial charge in [-0.3, -0.25) is 0 Å². The summed E-state index contributed by atoms with van der Waals surface area (Å²) in [4.78, 5) is 10.8. The van der Waals surface area contributed by atoms with Gasteiger partial charge in [0.15, 0.2) is 0 Å². The van der Waals surface area contributed by atoms with E-state index in [9.17, 15) is 4.79 Å². The van der Waals surface area contributed by atoms with Crippen molar-refractivity contribution in [3.63, 3.8) is 0 Å². The first-order chi connectivity index (χ1) is 11.1. The number of nitrogens with zero attached hydrogens (tertiary/aromatic N) is 1. The molecule has 0 unspecified atom stereocenters. The molecule has 0 spiro atoms. The Morgan fingerprint density at radius 1 is 1.17 bits per heavy atom. The summed E-state index contributed by atoms with van der Waals surface area (Å²) in [6.07, 6.45) is 0. The monoisotopic (exact) mass is 309 g/mol. The number of aryl methyl sites for hydroxylation is 1. The number of carboxylic acid groups (broad SMARTS) is 1. The highest BCUT2D eigenvalue weighted by atomic mass is 16.5. The van der Waals surface area contributed by atoms with Crippen LogP contribution in [-0.4, -0.2) is 16.2 Å². The number of ether oxygens (including phenoxy) is 1.